The summed E-state index contributed by atoms with van der Waals surface area (Å²) >= 11 is 0. The molecule has 4 rings (SSSR count). The molecule has 1 aromatic rings. The number of amides is 2. The zero-order valence-corrected chi connectivity index (χ0v) is 14.0. The van der Waals surface area contributed by atoms with Crippen molar-refractivity contribution in [3.8, 4) is 5.75 Å². The highest BCUT2D eigenvalue weighted by molar-refractivity contribution is 6.24. The monoisotopic (exact) mass is 360 g/mol. The molecule has 0 unspecified atom stereocenters. The lowest BCUT2D eigenvalue weighted by Gasteiger charge is -2.27. The molecule has 2 saturated heterocycles. The number of imide groups is 1. The van der Waals surface area contributed by atoms with Gasteiger partial charge in [0.25, 0.3) is 5.69 Å². The molecule has 9 nitrogen and oxygen atoms in total. The third kappa shape index (κ3) is 1.86. The van der Waals surface area contributed by atoms with E-state index in [-0.39, 0.29) is 17.1 Å². The number of aliphatic hydroxyl groups is 1. The maximum Gasteiger partial charge on any atom is 0.271 e. The number of carbonyl (C=O) groups is 2. The van der Waals surface area contributed by atoms with Crippen LogP contribution in [-0.2, 0) is 14.3 Å². The second kappa shape index (κ2) is 5.12. The fourth-order valence-corrected chi connectivity index (χ4v) is 4.24. The largest absolute Gasteiger partial charge is 0.495 e. The normalized spacial score (nSPS) is 34.5. The van der Waals surface area contributed by atoms with E-state index in [1.807, 2.05) is 0 Å². The smallest absolute Gasteiger partial charge is 0.271 e. The number of ether oxygens (including phenoxy) is 2. The van der Waals surface area contributed by atoms with Gasteiger partial charge in [-0.3, -0.25) is 19.7 Å². The first-order valence-electron chi connectivity index (χ1n) is 7.99. The second-order valence-electron chi connectivity index (χ2n) is 6.81. The van der Waals surface area contributed by atoms with Crippen LogP contribution in [-0.4, -0.2) is 46.8 Å². The quantitative estimate of drug-likeness (QED) is 0.365. The first-order chi connectivity index (χ1) is 12.3. The van der Waals surface area contributed by atoms with E-state index in [1.165, 1.54) is 19.2 Å². The van der Waals surface area contributed by atoms with Crippen molar-refractivity contribution in [1.82, 2.24) is 0 Å². The lowest BCUT2D eigenvalue weighted by molar-refractivity contribution is -0.384. The summed E-state index contributed by atoms with van der Waals surface area (Å²) < 4.78 is 11.0. The highest BCUT2D eigenvalue weighted by Crippen LogP contribution is 2.58. The molecule has 136 valence electrons. The molecule has 0 aromatic heterocycles. The van der Waals surface area contributed by atoms with Crippen LogP contribution in [0, 0.1) is 22.0 Å². The van der Waals surface area contributed by atoms with E-state index in [4.69, 9.17) is 9.47 Å². The zero-order chi connectivity index (χ0) is 18.9. The Morgan fingerprint density at radius 1 is 1.31 bits per heavy atom. The molecule has 1 aromatic carbocycles. The number of non-ortho nitro benzene ring substituents is 1. The van der Waals surface area contributed by atoms with Crippen LogP contribution in [0.2, 0.25) is 0 Å². The number of rotatable bonds is 4. The fourth-order valence-electron chi connectivity index (χ4n) is 4.24. The van der Waals surface area contributed by atoms with Crippen LogP contribution in [0.15, 0.2) is 30.4 Å². The second-order valence-corrected chi connectivity index (χ2v) is 6.81. The molecule has 3 heterocycles. The fraction of sp³-hybridized carbons (Fsp3) is 0.412. The molecule has 3 aliphatic rings. The molecule has 2 amide bonds. The van der Waals surface area contributed by atoms with Crippen LogP contribution in [0.25, 0.3) is 0 Å². The van der Waals surface area contributed by atoms with Gasteiger partial charge in [-0.15, -0.1) is 0 Å². The van der Waals surface area contributed by atoms with Crippen LogP contribution in [0.5, 0.6) is 5.75 Å². The number of hydrogen-bond acceptors (Lipinski definition) is 7. The number of nitrogens with zero attached hydrogens (tertiary/aromatic N) is 2. The van der Waals surface area contributed by atoms with Gasteiger partial charge in [0.05, 0.1) is 36.1 Å². The van der Waals surface area contributed by atoms with Crippen LogP contribution in [0.1, 0.15) is 6.92 Å². The third-order valence-corrected chi connectivity index (χ3v) is 5.42. The molecule has 0 aliphatic carbocycles. The predicted octanol–water partition coefficient (Wildman–Crippen LogP) is 0.799. The molecule has 3 aliphatic heterocycles. The topological polar surface area (TPSA) is 119 Å². The molecule has 9 heteroatoms. The Morgan fingerprint density at radius 3 is 2.62 bits per heavy atom. The standard InChI is InChI=1S/C17H16N2O7/c1-16-5-6-17(8-20,26-16)13-12(16)14(21)18(15(13)22)10-7-9(19(23)24)3-4-11(10)25-2/h3-7,12-13,20H,8H2,1-2H3/t12-,13+,16+,17-/m0/s1. The Balaban J connectivity index is 1.84. The van der Waals surface area contributed by atoms with Crippen molar-refractivity contribution in [2.75, 3.05) is 18.6 Å². The van der Waals surface area contributed by atoms with Crippen molar-refractivity contribution >= 4 is 23.2 Å². The first kappa shape index (κ1) is 16.7. The molecule has 0 radical (unpaired) electrons. The van der Waals surface area contributed by atoms with Crippen LogP contribution >= 0.6 is 0 Å². The number of hydrogen-bond donors (Lipinski definition) is 1. The lowest BCUT2D eigenvalue weighted by Crippen LogP contribution is -2.43. The number of methoxy groups -OCH3 is 1. The van der Waals surface area contributed by atoms with E-state index < -0.39 is 46.4 Å². The minimum atomic E-state index is -1.26. The van der Waals surface area contributed by atoms with E-state index in [9.17, 15) is 24.8 Å². The minimum Gasteiger partial charge on any atom is -0.495 e. The molecule has 2 fully saturated rings. The van der Waals surface area contributed by atoms with Crippen molar-refractivity contribution in [2.24, 2.45) is 11.8 Å². The first-order valence-corrected chi connectivity index (χ1v) is 7.99. The summed E-state index contributed by atoms with van der Waals surface area (Å²) in [4.78, 5) is 37.6. The summed E-state index contributed by atoms with van der Waals surface area (Å²) in [7, 11) is 1.35. The molecule has 2 bridgehead atoms. The van der Waals surface area contributed by atoms with E-state index in [0.717, 1.165) is 11.0 Å². The maximum absolute atomic E-state index is 13.1. The number of fused-ring (bicyclic) bond motifs is 5. The van der Waals surface area contributed by atoms with Gasteiger partial charge in [0.1, 0.15) is 17.0 Å². The highest BCUT2D eigenvalue weighted by atomic mass is 16.6. The number of anilines is 1. The predicted molar refractivity (Wildman–Crippen MR) is 87.6 cm³/mol. The van der Waals surface area contributed by atoms with Gasteiger partial charge in [0, 0.05) is 12.1 Å². The number of aliphatic hydroxyl groups excluding tert-OH is 1. The Hall–Kier alpha value is -2.78. The number of nitro groups is 1. The summed E-state index contributed by atoms with van der Waals surface area (Å²) in [6.07, 6.45) is 3.30. The zero-order valence-electron chi connectivity index (χ0n) is 14.0. The van der Waals surface area contributed by atoms with Crippen LogP contribution in [0.4, 0.5) is 11.4 Å². The summed E-state index contributed by atoms with van der Waals surface area (Å²) in [6.45, 7) is 1.24. The Kier molecular flexibility index (Phi) is 3.28. The molecular formula is C17H16N2O7. The lowest BCUT2D eigenvalue weighted by atomic mass is 9.73. The van der Waals surface area contributed by atoms with Crippen molar-refractivity contribution in [1.29, 1.82) is 0 Å². The van der Waals surface area contributed by atoms with E-state index in [1.54, 1.807) is 19.1 Å². The highest BCUT2D eigenvalue weighted by Gasteiger charge is 2.72. The Morgan fingerprint density at radius 2 is 2.00 bits per heavy atom. The van der Waals surface area contributed by atoms with Crippen LogP contribution < -0.4 is 9.64 Å². The van der Waals surface area contributed by atoms with Crippen molar-refractivity contribution in [2.45, 2.75) is 18.1 Å². The van der Waals surface area contributed by atoms with Gasteiger partial charge >= 0.3 is 0 Å². The molecule has 1 N–H and O–H groups in total. The van der Waals surface area contributed by atoms with Gasteiger partial charge in [-0.05, 0) is 13.0 Å². The van der Waals surface area contributed by atoms with Gasteiger partial charge in [0.15, 0.2) is 0 Å². The van der Waals surface area contributed by atoms with Crippen molar-refractivity contribution < 1.29 is 29.1 Å². The number of carbonyl (C=O) groups excluding carboxylic acids is 2. The molecule has 4 atom stereocenters. The molecule has 26 heavy (non-hydrogen) atoms. The summed E-state index contributed by atoms with van der Waals surface area (Å²) in [5.41, 5.74) is -2.52. The number of nitro benzene ring substituents is 1. The maximum atomic E-state index is 13.1. The van der Waals surface area contributed by atoms with Gasteiger partial charge in [-0.2, -0.15) is 0 Å². The Bertz CT molecular complexity index is 882. The van der Waals surface area contributed by atoms with Crippen molar-refractivity contribution in [3.63, 3.8) is 0 Å². The third-order valence-electron chi connectivity index (χ3n) is 5.42. The van der Waals surface area contributed by atoms with Gasteiger partial charge < -0.3 is 14.6 Å². The van der Waals surface area contributed by atoms with Crippen LogP contribution in [0.3, 0.4) is 0 Å². The van der Waals surface area contributed by atoms with Gasteiger partial charge in [-0.1, -0.05) is 12.2 Å². The van der Waals surface area contributed by atoms with Gasteiger partial charge in [-0.25, -0.2) is 4.90 Å². The SMILES string of the molecule is COc1ccc([N+](=O)[O-])cc1N1C(=O)[C@@H]2[C@H](C1=O)[C@@]1(CO)C=C[C@@]2(C)O1. The average Bonchev–Trinajstić information content (AvgIpc) is 3.20. The minimum absolute atomic E-state index is 0.0159. The Labute approximate surface area is 147 Å². The number of benzene rings is 1. The van der Waals surface area contributed by atoms with E-state index >= 15 is 0 Å². The summed E-state index contributed by atoms with van der Waals surface area (Å²) in [6, 6.07) is 3.72. The molecule has 0 saturated carbocycles. The van der Waals surface area contributed by atoms with E-state index in [2.05, 4.69) is 0 Å². The summed E-state index contributed by atoms with van der Waals surface area (Å²) in [5, 5.41) is 20.9. The van der Waals surface area contributed by atoms with Crippen molar-refractivity contribution in [3.05, 3.63) is 40.5 Å². The van der Waals surface area contributed by atoms with E-state index in [0.29, 0.717) is 0 Å². The van der Waals surface area contributed by atoms with Gasteiger partial charge in [0.2, 0.25) is 11.8 Å². The average molecular weight is 360 g/mol. The molecular weight excluding hydrogens is 344 g/mol. The molecule has 0 spiro atoms. The summed E-state index contributed by atoms with van der Waals surface area (Å²) in [5.74, 6) is -2.63.